The molecular weight excluding hydrogens is 298 g/mol. The van der Waals surface area contributed by atoms with Gasteiger partial charge in [-0.25, -0.2) is 14.4 Å². The lowest BCUT2D eigenvalue weighted by atomic mass is 10.1. The molecule has 0 atom stereocenters. The molecule has 0 aliphatic carbocycles. The van der Waals surface area contributed by atoms with Crippen molar-refractivity contribution in [3.8, 4) is 0 Å². The van der Waals surface area contributed by atoms with Crippen LogP contribution in [0.15, 0.2) is 18.2 Å². The van der Waals surface area contributed by atoms with Gasteiger partial charge in [-0.15, -0.1) is 0 Å². The molecule has 0 amide bonds. The molecule has 18 heavy (non-hydrogen) atoms. The van der Waals surface area contributed by atoms with Crippen LogP contribution in [0, 0.1) is 12.7 Å². The monoisotopic (exact) mass is 304 g/mol. The number of halogens is 4. The standard InChI is InChI=1S/C12H8Cl3FN2/c1-6-11(14)17-10(18-12(6)15)5-7-8(13)3-2-4-9(7)16/h2-4H,5H2,1H3. The van der Waals surface area contributed by atoms with Gasteiger partial charge in [0.2, 0.25) is 0 Å². The van der Waals surface area contributed by atoms with E-state index in [4.69, 9.17) is 34.8 Å². The van der Waals surface area contributed by atoms with Gasteiger partial charge in [0.15, 0.2) is 0 Å². The highest BCUT2D eigenvalue weighted by molar-refractivity contribution is 6.34. The average Bonchev–Trinajstić information content (AvgIpc) is 2.31. The molecule has 0 radical (unpaired) electrons. The molecule has 1 aromatic carbocycles. The number of nitrogens with zero attached hydrogens (tertiary/aromatic N) is 2. The quantitative estimate of drug-likeness (QED) is 0.765. The van der Waals surface area contributed by atoms with Gasteiger partial charge in [-0.1, -0.05) is 40.9 Å². The second-order valence-corrected chi connectivity index (χ2v) is 4.85. The fraction of sp³-hybridized carbons (Fsp3) is 0.167. The molecule has 1 aromatic heterocycles. The summed E-state index contributed by atoms with van der Waals surface area (Å²) in [6, 6.07) is 4.48. The van der Waals surface area contributed by atoms with Crippen LogP contribution >= 0.6 is 34.8 Å². The fourth-order valence-electron chi connectivity index (χ4n) is 1.44. The molecule has 2 nitrogen and oxygen atoms in total. The van der Waals surface area contributed by atoms with E-state index in [1.165, 1.54) is 12.1 Å². The zero-order valence-corrected chi connectivity index (χ0v) is 11.6. The van der Waals surface area contributed by atoms with Crippen LogP contribution in [0.2, 0.25) is 15.3 Å². The second kappa shape index (κ2) is 5.39. The Morgan fingerprint density at radius 3 is 2.28 bits per heavy atom. The Morgan fingerprint density at radius 2 is 1.72 bits per heavy atom. The van der Waals surface area contributed by atoms with Crippen molar-refractivity contribution in [3.63, 3.8) is 0 Å². The lowest BCUT2D eigenvalue weighted by Crippen LogP contribution is -2.02. The minimum absolute atomic E-state index is 0.144. The summed E-state index contributed by atoms with van der Waals surface area (Å²) >= 11 is 17.7. The van der Waals surface area contributed by atoms with Gasteiger partial charge in [-0.3, -0.25) is 0 Å². The minimum Gasteiger partial charge on any atom is -0.220 e. The van der Waals surface area contributed by atoms with E-state index in [2.05, 4.69) is 9.97 Å². The third-order valence-corrected chi connectivity index (χ3v) is 3.56. The zero-order valence-electron chi connectivity index (χ0n) is 9.35. The van der Waals surface area contributed by atoms with Crippen LogP contribution in [0.5, 0.6) is 0 Å². The van der Waals surface area contributed by atoms with Gasteiger partial charge in [0.1, 0.15) is 21.9 Å². The summed E-state index contributed by atoms with van der Waals surface area (Å²) in [5, 5.41) is 0.848. The Labute approximate surface area is 119 Å². The molecule has 94 valence electrons. The third kappa shape index (κ3) is 2.74. The summed E-state index contributed by atoms with van der Waals surface area (Å²) in [6.07, 6.45) is 0.144. The summed E-state index contributed by atoms with van der Waals surface area (Å²) in [5.41, 5.74) is 0.928. The van der Waals surface area contributed by atoms with Crippen LogP contribution in [0.3, 0.4) is 0 Å². The van der Waals surface area contributed by atoms with Crippen LogP contribution in [-0.4, -0.2) is 9.97 Å². The second-order valence-electron chi connectivity index (χ2n) is 3.72. The minimum atomic E-state index is -0.404. The van der Waals surface area contributed by atoms with Crippen molar-refractivity contribution in [1.82, 2.24) is 9.97 Å². The number of aromatic nitrogens is 2. The lowest BCUT2D eigenvalue weighted by Gasteiger charge is -2.07. The van der Waals surface area contributed by atoms with E-state index in [9.17, 15) is 4.39 Å². The van der Waals surface area contributed by atoms with Crippen molar-refractivity contribution < 1.29 is 4.39 Å². The lowest BCUT2D eigenvalue weighted by molar-refractivity contribution is 0.612. The third-order valence-electron chi connectivity index (χ3n) is 2.47. The molecule has 6 heteroatoms. The van der Waals surface area contributed by atoms with E-state index in [0.29, 0.717) is 22.0 Å². The Morgan fingerprint density at radius 1 is 1.11 bits per heavy atom. The molecule has 1 heterocycles. The van der Waals surface area contributed by atoms with Crippen molar-refractivity contribution >= 4 is 34.8 Å². The predicted molar refractivity (Wildman–Crippen MR) is 71.0 cm³/mol. The first-order valence-electron chi connectivity index (χ1n) is 5.10. The summed E-state index contributed by atoms with van der Waals surface area (Å²) in [6.45, 7) is 1.71. The summed E-state index contributed by atoms with van der Waals surface area (Å²) in [5.74, 6) is -0.0680. The van der Waals surface area contributed by atoms with Crippen LogP contribution in [0.25, 0.3) is 0 Å². The molecule has 0 aliphatic rings. The SMILES string of the molecule is Cc1c(Cl)nc(Cc2c(F)cccc2Cl)nc1Cl. The van der Waals surface area contributed by atoms with Gasteiger partial charge in [0, 0.05) is 22.6 Å². The number of rotatable bonds is 2. The molecular formula is C12H8Cl3FN2. The van der Waals surface area contributed by atoms with Gasteiger partial charge in [0.05, 0.1) is 0 Å². The Kier molecular flexibility index (Phi) is 4.05. The highest BCUT2D eigenvalue weighted by Gasteiger charge is 2.12. The number of benzene rings is 1. The van der Waals surface area contributed by atoms with Gasteiger partial charge in [-0.2, -0.15) is 0 Å². The molecule has 2 aromatic rings. The van der Waals surface area contributed by atoms with Gasteiger partial charge in [0.25, 0.3) is 0 Å². The predicted octanol–water partition coefficient (Wildman–Crippen LogP) is 4.48. The van der Waals surface area contributed by atoms with Crippen LogP contribution < -0.4 is 0 Å². The van der Waals surface area contributed by atoms with Crippen molar-refractivity contribution in [2.45, 2.75) is 13.3 Å². The molecule has 0 saturated heterocycles. The summed E-state index contributed by atoms with van der Waals surface area (Å²) in [7, 11) is 0. The van der Waals surface area contributed by atoms with Crippen molar-refractivity contribution in [2.24, 2.45) is 0 Å². The first-order chi connectivity index (χ1) is 8.49. The zero-order chi connectivity index (χ0) is 13.3. The molecule has 0 bridgehead atoms. The van der Waals surface area contributed by atoms with Crippen molar-refractivity contribution in [2.75, 3.05) is 0 Å². The molecule has 0 N–H and O–H groups in total. The maximum Gasteiger partial charge on any atom is 0.137 e. The smallest absolute Gasteiger partial charge is 0.137 e. The number of hydrogen-bond acceptors (Lipinski definition) is 2. The average molecular weight is 306 g/mol. The largest absolute Gasteiger partial charge is 0.220 e. The topological polar surface area (TPSA) is 25.8 Å². The van der Waals surface area contributed by atoms with E-state index in [1.807, 2.05) is 0 Å². The van der Waals surface area contributed by atoms with Crippen LogP contribution in [0.4, 0.5) is 4.39 Å². The molecule has 0 fully saturated rings. The van der Waals surface area contributed by atoms with E-state index in [0.717, 1.165) is 0 Å². The van der Waals surface area contributed by atoms with Gasteiger partial charge in [-0.05, 0) is 19.1 Å². The first-order valence-corrected chi connectivity index (χ1v) is 6.24. The van der Waals surface area contributed by atoms with E-state index in [-0.39, 0.29) is 16.7 Å². The van der Waals surface area contributed by atoms with Crippen molar-refractivity contribution in [3.05, 3.63) is 56.3 Å². The van der Waals surface area contributed by atoms with E-state index in [1.54, 1.807) is 13.0 Å². The molecule has 2 rings (SSSR count). The maximum absolute atomic E-state index is 13.6. The first kappa shape index (κ1) is 13.5. The molecule has 0 spiro atoms. The normalized spacial score (nSPS) is 10.7. The molecule has 0 saturated carbocycles. The molecule has 0 aliphatic heterocycles. The van der Waals surface area contributed by atoms with E-state index < -0.39 is 5.82 Å². The van der Waals surface area contributed by atoms with Crippen LogP contribution in [-0.2, 0) is 6.42 Å². The Hall–Kier alpha value is -0.900. The van der Waals surface area contributed by atoms with E-state index >= 15 is 0 Å². The van der Waals surface area contributed by atoms with Gasteiger partial charge < -0.3 is 0 Å². The van der Waals surface area contributed by atoms with Crippen LogP contribution in [0.1, 0.15) is 17.0 Å². The fourth-order valence-corrected chi connectivity index (χ4v) is 2.10. The summed E-state index contributed by atoms with van der Waals surface area (Å²) < 4.78 is 13.6. The molecule has 0 unspecified atom stereocenters. The Bertz CT molecular complexity index is 559. The highest BCUT2D eigenvalue weighted by atomic mass is 35.5. The Balaban J connectivity index is 2.41. The maximum atomic E-state index is 13.6. The van der Waals surface area contributed by atoms with Gasteiger partial charge >= 0.3 is 0 Å². The van der Waals surface area contributed by atoms with Crippen molar-refractivity contribution in [1.29, 1.82) is 0 Å². The highest BCUT2D eigenvalue weighted by Crippen LogP contribution is 2.24. The summed E-state index contributed by atoms with van der Waals surface area (Å²) in [4.78, 5) is 8.11. The number of hydrogen-bond donors (Lipinski definition) is 0.